The third-order valence-corrected chi connectivity index (χ3v) is 4.75. The highest BCUT2D eigenvalue weighted by atomic mass is 32.1. The summed E-state index contributed by atoms with van der Waals surface area (Å²) in [6, 6.07) is -3.23. The SMILES string of the molecule is C#CCOC(=O)[C@H]1C(COC(C)=O)=C[C@@H](S)[C@H]2[C@@H](N(OC(C)(C)C)C(=O)O)C(=O)N12. The lowest BCUT2D eigenvalue weighted by Crippen LogP contribution is -2.78. The van der Waals surface area contributed by atoms with Crippen LogP contribution >= 0.6 is 12.6 Å². The van der Waals surface area contributed by atoms with Crippen LogP contribution in [0, 0.1) is 12.3 Å². The smallest absolute Gasteiger partial charge is 0.432 e. The number of hydrogen-bond acceptors (Lipinski definition) is 8. The molecule has 0 aliphatic carbocycles. The van der Waals surface area contributed by atoms with Crippen molar-refractivity contribution in [2.75, 3.05) is 13.2 Å². The predicted octanol–water partition coefficient (Wildman–Crippen LogP) is 0.622. The van der Waals surface area contributed by atoms with Crippen molar-refractivity contribution in [3.63, 3.8) is 0 Å². The number of terminal acetylenes is 1. The molecule has 4 atom stereocenters. The Morgan fingerprint density at radius 3 is 2.47 bits per heavy atom. The van der Waals surface area contributed by atoms with Crippen LogP contribution in [-0.2, 0) is 28.7 Å². The van der Waals surface area contributed by atoms with Crippen LogP contribution in [0.4, 0.5) is 4.79 Å². The van der Waals surface area contributed by atoms with Gasteiger partial charge in [-0.3, -0.25) is 14.4 Å². The van der Waals surface area contributed by atoms with E-state index in [2.05, 4.69) is 18.5 Å². The Bertz CT molecular complexity index is 812. The molecule has 0 unspecified atom stereocenters. The fraction of sp³-hybridized carbons (Fsp3) is 0.579. The number of hydrogen-bond donors (Lipinski definition) is 2. The summed E-state index contributed by atoms with van der Waals surface area (Å²) in [4.78, 5) is 55.2. The van der Waals surface area contributed by atoms with E-state index in [-0.39, 0.29) is 18.8 Å². The summed E-state index contributed by atoms with van der Waals surface area (Å²) in [6.07, 6.45) is 5.22. The monoisotopic (exact) mass is 440 g/mol. The molecule has 1 saturated heterocycles. The lowest BCUT2D eigenvalue weighted by Gasteiger charge is -2.56. The zero-order valence-electron chi connectivity index (χ0n) is 17.0. The van der Waals surface area contributed by atoms with Crippen LogP contribution < -0.4 is 0 Å². The van der Waals surface area contributed by atoms with Crippen LogP contribution in [0.3, 0.4) is 0 Å². The van der Waals surface area contributed by atoms with E-state index in [4.69, 9.17) is 20.7 Å². The summed E-state index contributed by atoms with van der Waals surface area (Å²) >= 11 is 4.45. The van der Waals surface area contributed by atoms with Crippen molar-refractivity contribution in [2.45, 2.75) is 56.7 Å². The average Bonchev–Trinajstić information content (AvgIpc) is 2.62. The molecule has 0 spiro atoms. The van der Waals surface area contributed by atoms with Gasteiger partial charge in [-0.05, 0) is 26.3 Å². The first-order valence-electron chi connectivity index (χ1n) is 9.04. The summed E-state index contributed by atoms with van der Waals surface area (Å²) in [6.45, 7) is 5.55. The number of esters is 2. The predicted molar refractivity (Wildman–Crippen MR) is 106 cm³/mol. The van der Waals surface area contributed by atoms with Gasteiger partial charge in [0, 0.05) is 12.2 Å². The summed E-state index contributed by atoms with van der Waals surface area (Å²) in [7, 11) is 0. The van der Waals surface area contributed by atoms with Crippen molar-refractivity contribution in [2.24, 2.45) is 0 Å². The van der Waals surface area contributed by atoms with Gasteiger partial charge in [0.15, 0.2) is 18.7 Å². The topological polar surface area (TPSA) is 123 Å². The Labute approximate surface area is 179 Å². The van der Waals surface area contributed by atoms with Gasteiger partial charge >= 0.3 is 18.0 Å². The Balaban J connectivity index is 2.39. The molecule has 0 bridgehead atoms. The fourth-order valence-electron chi connectivity index (χ4n) is 3.27. The molecule has 2 amide bonds. The zero-order valence-corrected chi connectivity index (χ0v) is 17.9. The fourth-order valence-corrected chi connectivity index (χ4v) is 3.77. The van der Waals surface area contributed by atoms with E-state index in [9.17, 15) is 24.3 Å². The second kappa shape index (κ2) is 8.97. The molecule has 2 aliphatic heterocycles. The zero-order chi connectivity index (χ0) is 22.8. The van der Waals surface area contributed by atoms with Crippen molar-refractivity contribution in [3.05, 3.63) is 11.6 Å². The molecule has 0 aromatic carbocycles. The van der Waals surface area contributed by atoms with Crippen LogP contribution in [0.25, 0.3) is 0 Å². The van der Waals surface area contributed by atoms with Gasteiger partial charge in [0.05, 0.1) is 11.6 Å². The number of carboxylic acid groups (broad SMARTS) is 1. The van der Waals surface area contributed by atoms with Gasteiger partial charge in [-0.25, -0.2) is 9.59 Å². The Hall–Kier alpha value is -2.71. The molecule has 164 valence electrons. The van der Waals surface area contributed by atoms with Crippen molar-refractivity contribution < 1.29 is 38.6 Å². The molecule has 0 radical (unpaired) electrons. The van der Waals surface area contributed by atoms with Crippen LogP contribution in [-0.4, -0.2) is 81.2 Å². The Morgan fingerprint density at radius 2 is 1.97 bits per heavy atom. The molecule has 10 nitrogen and oxygen atoms in total. The molecule has 0 aromatic heterocycles. The van der Waals surface area contributed by atoms with Crippen molar-refractivity contribution in [1.29, 1.82) is 0 Å². The summed E-state index contributed by atoms with van der Waals surface area (Å²) in [5, 5.41) is 9.51. The van der Waals surface area contributed by atoms with Crippen LogP contribution in [0.5, 0.6) is 0 Å². The van der Waals surface area contributed by atoms with E-state index in [0.29, 0.717) is 5.06 Å². The average molecular weight is 440 g/mol. The van der Waals surface area contributed by atoms with Gasteiger partial charge in [0.2, 0.25) is 0 Å². The van der Waals surface area contributed by atoms with E-state index in [1.54, 1.807) is 26.8 Å². The molecular weight excluding hydrogens is 416 g/mol. The Kier molecular flexibility index (Phi) is 7.05. The number of ether oxygens (including phenoxy) is 2. The molecule has 1 fully saturated rings. The maximum atomic E-state index is 13.0. The molecule has 0 aromatic rings. The highest BCUT2D eigenvalue weighted by molar-refractivity contribution is 7.81. The highest BCUT2D eigenvalue weighted by Crippen LogP contribution is 2.40. The molecule has 2 rings (SSSR count). The first-order chi connectivity index (χ1) is 13.9. The number of fused-ring (bicyclic) bond motifs is 1. The number of hydroxylamine groups is 2. The van der Waals surface area contributed by atoms with Crippen LogP contribution in [0.15, 0.2) is 11.6 Å². The standard InChI is InChI=1S/C19H24N2O8S/c1-6-7-27-17(24)13-11(9-28-10(2)22)8-12(30)14-15(16(23)20(13)14)21(18(25)26)29-19(3,4)5/h1,8,12-15,30H,7,9H2,2-5H3,(H,25,26)/t12-,13-,14+,15-/m1/s1. The van der Waals surface area contributed by atoms with E-state index >= 15 is 0 Å². The van der Waals surface area contributed by atoms with E-state index in [0.717, 1.165) is 0 Å². The second-order valence-corrected chi connectivity index (χ2v) is 8.32. The van der Waals surface area contributed by atoms with Gasteiger partial charge in [0.1, 0.15) is 6.61 Å². The number of carbonyl (C=O) groups excluding carboxylic acids is 3. The molecule has 2 heterocycles. The molecule has 1 N–H and O–H groups in total. The van der Waals surface area contributed by atoms with Crippen LogP contribution in [0.2, 0.25) is 0 Å². The van der Waals surface area contributed by atoms with Gasteiger partial charge < -0.3 is 19.5 Å². The number of rotatable bonds is 6. The van der Waals surface area contributed by atoms with Gasteiger partial charge in [-0.15, -0.1) is 6.42 Å². The highest BCUT2D eigenvalue weighted by Gasteiger charge is 2.61. The largest absolute Gasteiger partial charge is 0.463 e. The number of β-lactam (4-membered cyclic amide) rings is 1. The number of carbonyl (C=O) groups is 4. The molecular formula is C19H24N2O8S. The first-order valence-corrected chi connectivity index (χ1v) is 9.56. The minimum Gasteiger partial charge on any atom is -0.463 e. The molecule has 2 aliphatic rings. The Morgan fingerprint density at radius 1 is 1.33 bits per heavy atom. The summed E-state index contributed by atoms with van der Waals surface area (Å²) in [5.41, 5.74) is -0.602. The third-order valence-electron chi connectivity index (χ3n) is 4.29. The van der Waals surface area contributed by atoms with E-state index in [1.807, 2.05) is 0 Å². The van der Waals surface area contributed by atoms with Gasteiger partial charge in [0.25, 0.3) is 5.91 Å². The molecule has 0 saturated carbocycles. The van der Waals surface area contributed by atoms with Crippen molar-refractivity contribution >= 4 is 36.6 Å². The maximum absolute atomic E-state index is 13.0. The lowest BCUT2D eigenvalue weighted by atomic mass is 9.82. The maximum Gasteiger partial charge on any atom is 0.432 e. The minimum absolute atomic E-state index is 0.259. The summed E-state index contributed by atoms with van der Waals surface area (Å²) in [5.74, 6) is 0.104. The van der Waals surface area contributed by atoms with Crippen LogP contribution in [0.1, 0.15) is 27.7 Å². The van der Waals surface area contributed by atoms with Crippen molar-refractivity contribution in [1.82, 2.24) is 9.96 Å². The van der Waals surface area contributed by atoms with E-state index < -0.39 is 52.9 Å². The molecule has 11 heteroatoms. The van der Waals surface area contributed by atoms with Gasteiger partial charge in [-0.1, -0.05) is 12.0 Å². The number of amides is 2. The first kappa shape index (κ1) is 23.6. The minimum atomic E-state index is -1.45. The normalized spacial score (nSPS) is 25.3. The van der Waals surface area contributed by atoms with Gasteiger partial charge in [-0.2, -0.15) is 17.7 Å². The summed E-state index contributed by atoms with van der Waals surface area (Å²) < 4.78 is 9.97. The van der Waals surface area contributed by atoms with Crippen molar-refractivity contribution in [3.8, 4) is 12.3 Å². The number of thiol groups is 1. The third kappa shape index (κ3) is 4.88. The molecule has 30 heavy (non-hydrogen) atoms. The second-order valence-electron chi connectivity index (χ2n) is 7.72. The van der Waals surface area contributed by atoms with E-state index in [1.165, 1.54) is 11.8 Å². The number of nitrogens with zero attached hydrogens (tertiary/aromatic N) is 2. The lowest BCUT2D eigenvalue weighted by molar-refractivity contribution is -0.249. The quantitative estimate of drug-likeness (QED) is 0.154.